The quantitative estimate of drug-likeness (QED) is 0.740. The first-order valence-electron chi connectivity index (χ1n) is 6.55. The van der Waals surface area contributed by atoms with Crippen molar-refractivity contribution < 1.29 is 9.53 Å². The smallest absolute Gasteiger partial charge is 0.410 e. The molecule has 0 fully saturated rings. The summed E-state index contributed by atoms with van der Waals surface area (Å²) in [4.78, 5) is 13.9. The fourth-order valence-corrected chi connectivity index (χ4v) is 2.08. The standard InChI is InChI=1S/C16H22BrNO2/c1-12(2)10-18(15(19)20-16(3,4)5)11-13-8-6-7-9-14(13)17/h6-9H,1,10-11H2,2-5H3. The lowest BCUT2D eigenvalue weighted by Gasteiger charge is -2.28. The highest BCUT2D eigenvalue weighted by Gasteiger charge is 2.22. The summed E-state index contributed by atoms with van der Waals surface area (Å²) in [5.41, 5.74) is 1.46. The summed E-state index contributed by atoms with van der Waals surface area (Å²) in [6.45, 7) is 12.3. The van der Waals surface area contributed by atoms with Crippen molar-refractivity contribution in [3.8, 4) is 0 Å². The topological polar surface area (TPSA) is 29.5 Å². The van der Waals surface area contributed by atoms with Gasteiger partial charge in [0.05, 0.1) is 6.54 Å². The highest BCUT2D eigenvalue weighted by Crippen LogP contribution is 2.20. The van der Waals surface area contributed by atoms with Crippen molar-refractivity contribution in [3.05, 3.63) is 46.5 Å². The second kappa shape index (κ2) is 6.93. The molecule has 0 aromatic heterocycles. The number of hydrogen-bond donors (Lipinski definition) is 0. The monoisotopic (exact) mass is 339 g/mol. The number of benzene rings is 1. The predicted molar refractivity (Wildman–Crippen MR) is 85.6 cm³/mol. The lowest BCUT2D eigenvalue weighted by atomic mass is 10.2. The van der Waals surface area contributed by atoms with Crippen molar-refractivity contribution >= 4 is 22.0 Å². The molecule has 0 spiro atoms. The van der Waals surface area contributed by atoms with Crippen LogP contribution in [0.3, 0.4) is 0 Å². The average Bonchev–Trinajstić information content (AvgIpc) is 2.28. The van der Waals surface area contributed by atoms with Crippen LogP contribution in [0.25, 0.3) is 0 Å². The zero-order valence-electron chi connectivity index (χ0n) is 12.6. The van der Waals surface area contributed by atoms with Gasteiger partial charge in [-0.1, -0.05) is 46.3 Å². The number of rotatable bonds is 4. The van der Waals surface area contributed by atoms with Gasteiger partial charge >= 0.3 is 6.09 Å². The summed E-state index contributed by atoms with van der Waals surface area (Å²) >= 11 is 3.50. The maximum atomic E-state index is 12.3. The Hall–Kier alpha value is -1.29. The molecule has 0 aliphatic heterocycles. The lowest BCUT2D eigenvalue weighted by molar-refractivity contribution is 0.0251. The van der Waals surface area contributed by atoms with Gasteiger partial charge in [-0.25, -0.2) is 4.79 Å². The van der Waals surface area contributed by atoms with Crippen molar-refractivity contribution in [2.24, 2.45) is 0 Å². The first kappa shape index (κ1) is 16.8. The van der Waals surface area contributed by atoms with Gasteiger partial charge in [0.1, 0.15) is 5.60 Å². The molecule has 0 unspecified atom stereocenters. The van der Waals surface area contributed by atoms with E-state index in [0.29, 0.717) is 13.1 Å². The minimum atomic E-state index is -0.502. The lowest BCUT2D eigenvalue weighted by Crippen LogP contribution is -2.37. The fourth-order valence-electron chi connectivity index (χ4n) is 1.67. The van der Waals surface area contributed by atoms with Crippen molar-refractivity contribution in [3.63, 3.8) is 0 Å². The number of amides is 1. The Balaban J connectivity index is 2.87. The number of ether oxygens (including phenoxy) is 1. The summed E-state index contributed by atoms with van der Waals surface area (Å²) in [5, 5.41) is 0. The molecular weight excluding hydrogens is 318 g/mol. The molecule has 0 heterocycles. The largest absolute Gasteiger partial charge is 0.444 e. The van der Waals surface area contributed by atoms with Gasteiger partial charge in [0, 0.05) is 11.0 Å². The van der Waals surface area contributed by atoms with Gasteiger partial charge in [0.25, 0.3) is 0 Å². The molecule has 1 amide bonds. The SMILES string of the molecule is C=C(C)CN(Cc1ccccc1Br)C(=O)OC(C)(C)C. The second-order valence-corrected chi connectivity index (χ2v) is 6.74. The molecule has 1 aromatic rings. The molecule has 0 aliphatic rings. The van der Waals surface area contributed by atoms with Gasteiger partial charge in [0.2, 0.25) is 0 Å². The normalized spacial score (nSPS) is 11.1. The summed E-state index contributed by atoms with van der Waals surface area (Å²) in [6, 6.07) is 7.85. The third-order valence-corrected chi connectivity index (χ3v) is 3.21. The van der Waals surface area contributed by atoms with Crippen LogP contribution in [-0.4, -0.2) is 23.1 Å². The van der Waals surface area contributed by atoms with E-state index in [1.165, 1.54) is 0 Å². The van der Waals surface area contributed by atoms with E-state index >= 15 is 0 Å². The molecule has 0 radical (unpaired) electrons. The van der Waals surface area contributed by atoms with Crippen molar-refractivity contribution in [2.45, 2.75) is 39.8 Å². The highest BCUT2D eigenvalue weighted by molar-refractivity contribution is 9.10. The number of halogens is 1. The summed E-state index contributed by atoms with van der Waals surface area (Å²) < 4.78 is 6.43. The van der Waals surface area contributed by atoms with Gasteiger partial charge in [-0.05, 0) is 39.3 Å². The zero-order valence-corrected chi connectivity index (χ0v) is 14.2. The summed E-state index contributed by atoms with van der Waals surface area (Å²) in [7, 11) is 0. The summed E-state index contributed by atoms with van der Waals surface area (Å²) in [5.74, 6) is 0. The molecule has 0 bridgehead atoms. The molecule has 4 heteroatoms. The first-order valence-corrected chi connectivity index (χ1v) is 7.34. The average molecular weight is 340 g/mol. The van der Waals surface area contributed by atoms with Gasteiger partial charge in [-0.2, -0.15) is 0 Å². The Morgan fingerprint density at radius 3 is 2.45 bits per heavy atom. The van der Waals surface area contributed by atoms with Crippen molar-refractivity contribution in [1.82, 2.24) is 4.90 Å². The van der Waals surface area contributed by atoms with Crippen LogP contribution in [0.15, 0.2) is 40.9 Å². The van der Waals surface area contributed by atoms with Crippen LogP contribution in [-0.2, 0) is 11.3 Å². The van der Waals surface area contributed by atoms with Gasteiger partial charge in [-0.3, -0.25) is 4.90 Å². The Bertz CT molecular complexity index is 491. The number of nitrogens with zero attached hydrogens (tertiary/aromatic N) is 1. The molecule has 0 saturated heterocycles. The molecule has 20 heavy (non-hydrogen) atoms. The molecule has 0 atom stereocenters. The molecule has 110 valence electrons. The molecule has 0 aliphatic carbocycles. The van der Waals surface area contributed by atoms with E-state index in [4.69, 9.17) is 4.74 Å². The molecule has 0 saturated carbocycles. The van der Waals surface area contributed by atoms with Crippen LogP contribution in [0, 0.1) is 0 Å². The van der Waals surface area contributed by atoms with Crippen LogP contribution in [0.4, 0.5) is 4.79 Å². The van der Waals surface area contributed by atoms with Gasteiger partial charge in [-0.15, -0.1) is 0 Å². The third-order valence-electron chi connectivity index (χ3n) is 2.43. The maximum absolute atomic E-state index is 12.3. The van der Waals surface area contributed by atoms with E-state index in [9.17, 15) is 4.79 Å². The molecule has 3 nitrogen and oxygen atoms in total. The predicted octanol–water partition coefficient (Wildman–Crippen LogP) is 4.76. The van der Waals surface area contributed by atoms with E-state index in [1.54, 1.807) is 4.90 Å². The summed E-state index contributed by atoms with van der Waals surface area (Å²) in [6.07, 6.45) is -0.323. The maximum Gasteiger partial charge on any atom is 0.410 e. The van der Waals surface area contributed by atoms with Crippen molar-refractivity contribution in [2.75, 3.05) is 6.54 Å². The number of carbonyl (C=O) groups excluding carboxylic acids is 1. The van der Waals surface area contributed by atoms with E-state index in [0.717, 1.165) is 15.6 Å². The minimum Gasteiger partial charge on any atom is -0.444 e. The molecule has 1 rings (SSSR count). The fraction of sp³-hybridized carbons (Fsp3) is 0.438. The molecular formula is C16H22BrNO2. The zero-order chi connectivity index (χ0) is 15.3. The third kappa shape index (κ3) is 5.78. The Kier molecular flexibility index (Phi) is 5.81. The van der Waals surface area contributed by atoms with E-state index in [2.05, 4.69) is 22.5 Å². The van der Waals surface area contributed by atoms with Crippen LogP contribution < -0.4 is 0 Å². The van der Waals surface area contributed by atoms with Crippen LogP contribution in [0.2, 0.25) is 0 Å². The molecule has 0 N–H and O–H groups in total. The Labute approximate surface area is 129 Å². The Morgan fingerprint density at radius 2 is 1.95 bits per heavy atom. The van der Waals surface area contributed by atoms with Crippen LogP contribution in [0.1, 0.15) is 33.3 Å². The van der Waals surface area contributed by atoms with E-state index < -0.39 is 5.60 Å². The second-order valence-electron chi connectivity index (χ2n) is 5.88. The van der Waals surface area contributed by atoms with Crippen molar-refractivity contribution in [1.29, 1.82) is 0 Å². The number of carbonyl (C=O) groups is 1. The number of hydrogen-bond acceptors (Lipinski definition) is 2. The van der Waals surface area contributed by atoms with Gasteiger partial charge in [0.15, 0.2) is 0 Å². The van der Waals surface area contributed by atoms with Crippen LogP contribution in [0.5, 0.6) is 0 Å². The van der Waals surface area contributed by atoms with E-state index in [-0.39, 0.29) is 6.09 Å². The van der Waals surface area contributed by atoms with Gasteiger partial charge < -0.3 is 4.74 Å². The highest BCUT2D eigenvalue weighted by atomic mass is 79.9. The first-order chi connectivity index (χ1) is 9.19. The Morgan fingerprint density at radius 1 is 1.35 bits per heavy atom. The molecule has 1 aromatic carbocycles. The minimum absolute atomic E-state index is 0.323. The van der Waals surface area contributed by atoms with Crippen LogP contribution >= 0.6 is 15.9 Å². The van der Waals surface area contributed by atoms with E-state index in [1.807, 2.05) is 52.0 Å².